The molecule has 1 aromatic carbocycles. The molecule has 130 valence electrons. The highest BCUT2D eigenvalue weighted by atomic mass is 16.5. The predicted octanol–water partition coefficient (Wildman–Crippen LogP) is 2.32. The van der Waals surface area contributed by atoms with Crippen molar-refractivity contribution < 1.29 is 9.53 Å². The van der Waals surface area contributed by atoms with E-state index in [2.05, 4.69) is 16.3 Å². The number of pyridine rings is 1. The molecule has 0 fully saturated rings. The first-order chi connectivity index (χ1) is 12.7. The highest BCUT2D eigenvalue weighted by molar-refractivity contribution is 5.83. The number of carbonyl (C=O) groups excluding carboxylic acids is 1. The summed E-state index contributed by atoms with van der Waals surface area (Å²) in [6.45, 7) is 0.951. The Morgan fingerprint density at radius 1 is 1.31 bits per heavy atom. The minimum atomic E-state index is -0.586. The van der Waals surface area contributed by atoms with Crippen LogP contribution in [0.3, 0.4) is 0 Å². The molecule has 6 nitrogen and oxygen atoms in total. The zero-order chi connectivity index (χ0) is 18.1. The van der Waals surface area contributed by atoms with Crippen molar-refractivity contribution in [2.75, 3.05) is 18.5 Å². The Bertz CT molecular complexity index is 1020. The van der Waals surface area contributed by atoms with E-state index in [-0.39, 0.29) is 5.91 Å². The Morgan fingerprint density at radius 2 is 2.12 bits per heavy atom. The van der Waals surface area contributed by atoms with Gasteiger partial charge in [-0.3, -0.25) is 4.79 Å². The first-order valence-corrected chi connectivity index (χ1v) is 8.42. The van der Waals surface area contributed by atoms with Crippen LogP contribution in [0.1, 0.15) is 11.1 Å². The first kappa shape index (κ1) is 16.0. The predicted molar refractivity (Wildman–Crippen MR) is 98.1 cm³/mol. The van der Waals surface area contributed by atoms with E-state index in [1.165, 1.54) is 0 Å². The van der Waals surface area contributed by atoms with Crippen LogP contribution in [0.4, 0.5) is 5.69 Å². The smallest absolute Gasteiger partial charge is 0.262 e. The SMILES string of the molecule is CNC(=O)[C@H]1CN(Cc2cn3ccccc3c2C#N)c2ccccc2O1. The molecule has 0 spiro atoms. The number of nitrogens with zero attached hydrogens (tertiary/aromatic N) is 3. The van der Waals surface area contributed by atoms with Gasteiger partial charge >= 0.3 is 0 Å². The molecule has 0 saturated heterocycles. The lowest BCUT2D eigenvalue weighted by Crippen LogP contribution is -2.47. The van der Waals surface area contributed by atoms with Gasteiger partial charge in [-0.05, 0) is 24.3 Å². The van der Waals surface area contributed by atoms with E-state index in [4.69, 9.17) is 4.74 Å². The van der Waals surface area contributed by atoms with E-state index in [1.54, 1.807) is 7.05 Å². The standard InChI is InChI=1S/C20H18N4O2/c1-22-20(25)19-13-24(17-7-2-3-8-18(17)26-19)12-14-11-23-9-5-4-6-16(23)15(14)10-21/h2-9,11,19H,12-13H2,1H3,(H,22,25)/t19-/m1/s1. The van der Waals surface area contributed by atoms with Crippen molar-refractivity contribution in [1.29, 1.82) is 5.26 Å². The van der Waals surface area contributed by atoms with Gasteiger partial charge in [0.25, 0.3) is 5.91 Å². The molecule has 1 atom stereocenters. The van der Waals surface area contributed by atoms with Crippen molar-refractivity contribution >= 4 is 17.1 Å². The minimum Gasteiger partial charge on any atom is -0.477 e. The maximum atomic E-state index is 12.1. The van der Waals surface area contributed by atoms with Gasteiger partial charge in [-0.15, -0.1) is 0 Å². The molecule has 1 N–H and O–H groups in total. The van der Waals surface area contributed by atoms with Gasteiger partial charge in [-0.1, -0.05) is 18.2 Å². The number of amides is 1. The molecular formula is C20H18N4O2. The molecule has 6 heteroatoms. The van der Waals surface area contributed by atoms with Crippen LogP contribution in [-0.2, 0) is 11.3 Å². The summed E-state index contributed by atoms with van der Waals surface area (Å²) in [6.07, 6.45) is 3.32. The molecule has 1 amide bonds. The summed E-state index contributed by atoms with van der Waals surface area (Å²) >= 11 is 0. The number of para-hydroxylation sites is 2. The molecule has 0 radical (unpaired) electrons. The second kappa shape index (κ2) is 6.45. The number of likely N-dealkylation sites (N-methyl/N-ethyl adjacent to an activating group) is 1. The average molecular weight is 346 g/mol. The van der Waals surface area contributed by atoms with Gasteiger partial charge in [-0.25, -0.2) is 0 Å². The van der Waals surface area contributed by atoms with Crippen LogP contribution in [0.2, 0.25) is 0 Å². The summed E-state index contributed by atoms with van der Waals surface area (Å²) in [5, 5.41) is 12.3. The lowest BCUT2D eigenvalue weighted by atomic mass is 10.1. The Hall–Kier alpha value is -3.46. The van der Waals surface area contributed by atoms with Crippen LogP contribution in [0.25, 0.3) is 5.52 Å². The van der Waals surface area contributed by atoms with Crippen molar-refractivity contribution in [3.05, 3.63) is 66.0 Å². The molecule has 4 rings (SSSR count). The zero-order valence-electron chi connectivity index (χ0n) is 14.3. The molecule has 3 aromatic rings. The van der Waals surface area contributed by atoms with Crippen LogP contribution in [0.15, 0.2) is 54.9 Å². The van der Waals surface area contributed by atoms with E-state index in [0.717, 1.165) is 16.8 Å². The maximum Gasteiger partial charge on any atom is 0.262 e. The highest BCUT2D eigenvalue weighted by Crippen LogP contribution is 2.34. The van der Waals surface area contributed by atoms with Crippen molar-refractivity contribution in [2.24, 2.45) is 0 Å². The fourth-order valence-corrected chi connectivity index (χ4v) is 3.39. The summed E-state index contributed by atoms with van der Waals surface area (Å²) in [4.78, 5) is 14.2. The number of nitrogens with one attached hydrogen (secondary N) is 1. The topological polar surface area (TPSA) is 69.8 Å². The summed E-state index contributed by atoms with van der Waals surface area (Å²) in [5.74, 6) is 0.515. The molecule has 26 heavy (non-hydrogen) atoms. The molecule has 0 bridgehead atoms. The van der Waals surface area contributed by atoms with Crippen LogP contribution >= 0.6 is 0 Å². The first-order valence-electron chi connectivity index (χ1n) is 8.42. The van der Waals surface area contributed by atoms with E-state index in [9.17, 15) is 10.1 Å². The minimum absolute atomic E-state index is 0.160. The van der Waals surface area contributed by atoms with Crippen molar-refractivity contribution in [2.45, 2.75) is 12.6 Å². The molecule has 1 aliphatic rings. The Balaban J connectivity index is 1.73. The number of fused-ring (bicyclic) bond motifs is 2. The van der Waals surface area contributed by atoms with E-state index >= 15 is 0 Å². The summed E-state index contributed by atoms with van der Waals surface area (Å²) in [5.41, 5.74) is 3.39. The number of rotatable bonds is 3. The average Bonchev–Trinajstić information content (AvgIpc) is 3.04. The largest absolute Gasteiger partial charge is 0.477 e. The maximum absolute atomic E-state index is 12.1. The summed E-state index contributed by atoms with van der Waals surface area (Å²) in [7, 11) is 1.60. The number of benzene rings is 1. The second-order valence-corrected chi connectivity index (χ2v) is 6.20. The van der Waals surface area contributed by atoms with Crippen molar-refractivity contribution in [1.82, 2.24) is 9.72 Å². The molecular weight excluding hydrogens is 328 g/mol. The van der Waals surface area contributed by atoms with Gasteiger partial charge in [0.1, 0.15) is 11.8 Å². The Kier molecular flexibility index (Phi) is 3.98. The monoisotopic (exact) mass is 346 g/mol. The van der Waals surface area contributed by atoms with E-state index < -0.39 is 6.10 Å². The molecule has 0 aliphatic carbocycles. The van der Waals surface area contributed by atoms with Crippen LogP contribution < -0.4 is 15.0 Å². The number of hydrogen-bond acceptors (Lipinski definition) is 4. The van der Waals surface area contributed by atoms with Crippen LogP contribution in [0.5, 0.6) is 5.75 Å². The van der Waals surface area contributed by atoms with Crippen molar-refractivity contribution in [3.8, 4) is 11.8 Å². The fourth-order valence-electron chi connectivity index (χ4n) is 3.39. The van der Waals surface area contributed by atoms with Gasteiger partial charge in [0, 0.05) is 31.5 Å². The number of hydrogen-bond donors (Lipinski definition) is 1. The molecule has 1 aliphatic heterocycles. The van der Waals surface area contributed by atoms with Gasteiger partial charge in [-0.2, -0.15) is 5.26 Å². The lowest BCUT2D eigenvalue weighted by molar-refractivity contribution is -0.127. The zero-order valence-corrected chi connectivity index (χ0v) is 14.3. The number of nitriles is 1. The molecule has 3 heterocycles. The van der Waals surface area contributed by atoms with Gasteiger partial charge in [0.15, 0.2) is 6.10 Å². The van der Waals surface area contributed by atoms with E-state index in [1.807, 2.05) is 59.3 Å². The van der Waals surface area contributed by atoms with Gasteiger partial charge in [0.05, 0.1) is 23.3 Å². The Morgan fingerprint density at radius 3 is 2.92 bits per heavy atom. The third kappa shape index (κ3) is 2.64. The summed E-state index contributed by atoms with van der Waals surface area (Å²) < 4.78 is 7.80. The summed E-state index contributed by atoms with van der Waals surface area (Å²) in [6, 6.07) is 15.8. The third-order valence-corrected chi connectivity index (χ3v) is 4.64. The van der Waals surface area contributed by atoms with Gasteiger partial charge < -0.3 is 19.4 Å². The quantitative estimate of drug-likeness (QED) is 0.790. The van der Waals surface area contributed by atoms with Gasteiger partial charge in [0.2, 0.25) is 0 Å². The van der Waals surface area contributed by atoms with Crippen LogP contribution in [0, 0.1) is 11.3 Å². The fraction of sp³-hybridized carbons (Fsp3) is 0.200. The molecule has 2 aromatic heterocycles. The van der Waals surface area contributed by atoms with E-state index in [0.29, 0.717) is 24.4 Å². The third-order valence-electron chi connectivity index (χ3n) is 4.64. The second-order valence-electron chi connectivity index (χ2n) is 6.20. The number of anilines is 1. The van der Waals surface area contributed by atoms with Crippen LogP contribution in [-0.4, -0.2) is 30.0 Å². The molecule has 0 unspecified atom stereocenters. The molecule has 0 saturated carbocycles. The highest BCUT2D eigenvalue weighted by Gasteiger charge is 2.30. The Labute approximate surface area is 151 Å². The number of carbonyl (C=O) groups is 1. The lowest BCUT2D eigenvalue weighted by Gasteiger charge is -2.35. The number of ether oxygens (including phenoxy) is 1. The number of aromatic nitrogens is 1. The normalized spacial score (nSPS) is 15.8. The van der Waals surface area contributed by atoms with Crippen molar-refractivity contribution in [3.63, 3.8) is 0 Å².